The molecule has 1 aromatic heterocycles. The topological polar surface area (TPSA) is 285 Å². The highest BCUT2D eigenvalue weighted by Gasteiger charge is 2.52. The number of aromatic nitrogens is 1. The van der Waals surface area contributed by atoms with Crippen LogP contribution in [0.2, 0.25) is 0 Å². The summed E-state index contributed by atoms with van der Waals surface area (Å²) in [6.07, 6.45) is 9.89. The number of carbonyl (C=O) groups is 9. The van der Waals surface area contributed by atoms with Gasteiger partial charge in [0.25, 0.3) is 0 Å². The number of thioether (sulfide) groups is 1. The van der Waals surface area contributed by atoms with Crippen LogP contribution in [0.1, 0.15) is 102 Å². The summed E-state index contributed by atoms with van der Waals surface area (Å²) in [4.78, 5) is 126. The molecular formula is C51H66N8O11S. The largest absolute Gasteiger partial charge is 0.508 e. The number of benzene rings is 2. The van der Waals surface area contributed by atoms with Gasteiger partial charge in [0.15, 0.2) is 0 Å². The van der Waals surface area contributed by atoms with E-state index in [1.54, 1.807) is 18.3 Å². The smallest absolute Gasteiger partial charge is 0.305 e. The summed E-state index contributed by atoms with van der Waals surface area (Å²) < 4.78 is 0. The lowest BCUT2D eigenvalue weighted by Crippen LogP contribution is -2.63. The third-order valence-corrected chi connectivity index (χ3v) is 15.0. The summed E-state index contributed by atoms with van der Waals surface area (Å²) in [5.41, 5.74) is 1.56. The van der Waals surface area contributed by atoms with Crippen LogP contribution in [0, 0.1) is 17.8 Å². The van der Waals surface area contributed by atoms with E-state index in [1.165, 1.54) is 23.9 Å². The molecule has 0 spiro atoms. The number of nitrogens with one attached hydrogen (secondary N) is 7. The molecule has 5 atom stereocenters. The second kappa shape index (κ2) is 23.6. The van der Waals surface area contributed by atoms with Crippen LogP contribution in [0.25, 0.3) is 10.9 Å². The summed E-state index contributed by atoms with van der Waals surface area (Å²) in [6, 6.07) is 6.91. The molecule has 2 aromatic carbocycles. The van der Waals surface area contributed by atoms with Gasteiger partial charge < -0.3 is 47.1 Å². The first-order valence-corrected chi connectivity index (χ1v) is 26.1. The fourth-order valence-corrected chi connectivity index (χ4v) is 11.8. The quantitative estimate of drug-likeness (QED) is 0.0555. The SMILES string of the molecule is CCCC[C@H](NC(=O)[C@H](Cc1ccc(O)cc1)N1C(=O)CCC1=O)C(=O)NCC(=O)N[C@@H](Cc1c[nH]c2ccccc12)C(=O)N[C@@H](CCSC)C(=O)N[C@@H](CC(=O)O)C(=O)NC12CC3CC(CC(C3)C1)C2. The number of carboxylic acid groups (broad SMARTS) is 1. The number of carbonyl (C=O) groups excluding carboxylic acids is 8. The molecule has 1 saturated heterocycles. The molecule has 20 heteroatoms. The van der Waals surface area contributed by atoms with E-state index >= 15 is 0 Å². The summed E-state index contributed by atoms with van der Waals surface area (Å²) in [5.74, 6) is -4.75. The third kappa shape index (κ3) is 13.5. The van der Waals surface area contributed by atoms with E-state index in [1.807, 2.05) is 37.4 Å². The van der Waals surface area contributed by atoms with Crippen molar-refractivity contribution in [2.45, 2.75) is 139 Å². The number of carboxylic acids is 1. The highest BCUT2D eigenvalue weighted by Crippen LogP contribution is 2.55. The number of para-hydroxylation sites is 1. The molecule has 8 rings (SSSR count). The first-order valence-electron chi connectivity index (χ1n) is 24.7. The molecule has 4 aliphatic carbocycles. The molecule has 1 aliphatic heterocycles. The number of aromatic hydroxyl groups is 1. The van der Waals surface area contributed by atoms with Crippen molar-refractivity contribution in [1.29, 1.82) is 0 Å². The monoisotopic (exact) mass is 998 g/mol. The van der Waals surface area contributed by atoms with Gasteiger partial charge in [-0.15, -0.1) is 0 Å². The normalized spacial score (nSPS) is 22.2. The number of aromatic amines is 1. The number of phenols is 1. The third-order valence-electron chi connectivity index (χ3n) is 14.4. The fraction of sp³-hybridized carbons (Fsp3) is 0.549. The van der Waals surface area contributed by atoms with Gasteiger partial charge in [-0.05, 0) is 110 Å². The van der Waals surface area contributed by atoms with Gasteiger partial charge in [0, 0.05) is 48.3 Å². The Morgan fingerprint density at radius 3 is 1.99 bits per heavy atom. The second-order valence-electron chi connectivity index (χ2n) is 19.8. The van der Waals surface area contributed by atoms with Gasteiger partial charge >= 0.3 is 5.97 Å². The Kier molecular flexibility index (Phi) is 17.4. The number of amides is 8. The van der Waals surface area contributed by atoms with Crippen molar-refractivity contribution < 1.29 is 53.4 Å². The van der Waals surface area contributed by atoms with Crippen molar-refractivity contribution in [2.24, 2.45) is 17.8 Å². The number of nitrogens with zero attached hydrogens (tertiary/aromatic N) is 1. The highest BCUT2D eigenvalue weighted by molar-refractivity contribution is 7.98. The molecule has 4 bridgehead atoms. The average Bonchev–Trinajstić information content (AvgIpc) is 3.89. The zero-order valence-electron chi connectivity index (χ0n) is 40.3. The van der Waals surface area contributed by atoms with Gasteiger partial charge in [-0.25, -0.2) is 0 Å². The molecular weight excluding hydrogens is 933 g/mol. The van der Waals surface area contributed by atoms with Crippen LogP contribution in [-0.4, -0.2) is 128 Å². The van der Waals surface area contributed by atoms with Crippen molar-refractivity contribution >= 4 is 75.9 Å². The Labute approximate surface area is 416 Å². The lowest BCUT2D eigenvalue weighted by Gasteiger charge is -2.57. The first kappa shape index (κ1) is 52.4. The molecule has 0 radical (unpaired) electrons. The van der Waals surface area contributed by atoms with Crippen LogP contribution in [0.15, 0.2) is 54.7 Å². The van der Waals surface area contributed by atoms with E-state index in [-0.39, 0.29) is 44.3 Å². The predicted octanol–water partition coefficient (Wildman–Crippen LogP) is 2.73. The molecule has 0 unspecified atom stereocenters. The molecule has 8 amide bonds. The molecule has 5 fully saturated rings. The van der Waals surface area contributed by atoms with Crippen LogP contribution in [0.5, 0.6) is 5.75 Å². The minimum absolute atomic E-state index is 0.0113. The second-order valence-corrected chi connectivity index (χ2v) is 20.8. The molecule has 3 aromatic rings. The van der Waals surface area contributed by atoms with E-state index in [0.717, 1.165) is 54.3 Å². The summed E-state index contributed by atoms with van der Waals surface area (Å²) in [7, 11) is 0. The standard InChI is InChI=1S/C51H66N8O11S/c1-3-4-8-37(56-50(70)41(59-43(62)14-15-44(59)63)21-29-10-12-34(60)13-11-29)46(66)53-28-42(61)54-39(22-33-27-52-36-9-6-5-7-35(33)36)48(68)55-38(16-17-71-2)47(67)57-40(23-45(64)65)49(69)58-51-24-30-18-31(25-51)20-32(19-30)26-51/h5-7,9-13,27,30-32,37-41,52,60H,3-4,8,14-26,28H2,1-2H3,(H,53,66)(H,54,61)(H,55,68)(H,56,70)(H,57,67)(H,58,69)(H,64,65)/t30?,31?,32?,37-,38-,39-,40-,41-,51?/m0/s1. The van der Waals surface area contributed by atoms with Crippen LogP contribution in [-0.2, 0) is 56.0 Å². The number of hydrogen-bond acceptors (Lipinski definition) is 11. The average molecular weight is 999 g/mol. The van der Waals surface area contributed by atoms with E-state index in [0.29, 0.717) is 47.5 Å². The minimum Gasteiger partial charge on any atom is -0.508 e. The Bertz CT molecular complexity index is 2430. The zero-order valence-corrected chi connectivity index (χ0v) is 41.1. The van der Waals surface area contributed by atoms with Gasteiger partial charge in [-0.2, -0.15) is 11.8 Å². The number of aliphatic carboxylic acids is 1. The number of rotatable bonds is 25. The summed E-state index contributed by atoms with van der Waals surface area (Å²) >= 11 is 1.41. The Morgan fingerprint density at radius 1 is 0.746 bits per heavy atom. The maximum Gasteiger partial charge on any atom is 0.305 e. The van der Waals surface area contributed by atoms with E-state index < -0.39 is 102 Å². The summed E-state index contributed by atoms with van der Waals surface area (Å²) in [6.45, 7) is 1.27. The zero-order chi connectivity index (χ0) is 50.8. The fourth-order valence-electron chi connectivity index (χ4n) is 11.4. The number of phenolic OH excluding ortho intramolecular Hbond substituents is 1. The van der Waals surface area contributed by atoms with Gasteiger partial charge in [-0.1, -0.05) is 50.1 Å². The maximum absolute atomic E-state index is 14.4. The van der Waals surface area contributed by atoms with Crippen LogP contribution < -0.4 is 31.9 Å². The number of likely N-dealkylation sites (tertiary alicyclic amines) is 1. The number of hydrogen-bond donors (Lipinski definition) is 9. The molecule has 4 saturated carbocycles. The van der Waals surface area contributed by atoms with E-state index in [4.69, 9.17) is 0 Å². The number of unbranched alkanes of at least 4 members (excludes halogenated alkanes) is 1. The first-order chi connectivity index (χ1) is 34.0. The summed E-state index contributed by atoms with van der Waals surface area (Å²) in [5, 5.41) is 37.0. The van der Waals surface area contributed by atoms with Gasteiger partial charge in [-0.3, -0.25) is 48.1 Å². The minimum atomic E-state index is -1.41. The van der Waals surface area contributed by atoms with E-state index in [9.17, 15) is 53.4 Å². The van der Waals surface area contributed by atoms with Crippen LogP contribution in [0.3, 0.4) is 0 Å². The van der Waals surface area contributed by atoms with Crippen molar-refractivity contribution in [3.63, 3.8) is 0 Å². The van der Waals surface area contributed by atoms with Gasteiger partial charge in [0.05, 0.1) is 13.0 Å². The Balaban J connectivity index is 1.04. The molecule has 19 nitrogen and oxygen atoms in total. The van der Waals surface area contributed by atoms with Gasteiger partial charge in [0.2, 0.25) is 47.3 Å². The number of imide groups is 1. The predicted molar refractivity (Wildman–Crippen MR) is 263 cm³/mol. The maximum atomic E-state index is 14.4. The Hall–Kier alpha value is -6.44. The molecule has 2 heterocycles. The van der Waals surface area contributed by atoms with Crippen molar-refractivity contribution in [3.05, 3.63) is 65.9 Å². The highest BCUT2D eigenvalue weighted by atomic mass is 32.2. The van der Waals surface area contributed by atoms with Crippen LogP contribution in [0.4, 0.5) is 0 Å². The lowest BCUT2D eigenvalue weighted by atomic mass is 9.53. The number of fused-ring (bicyclic) bond motifs is 1. The molecule has 5 aliphatic rings. The lowest BCUT2D eigenvalue weighted by molar-refractivity contribution is -0.147. The molecule has 382 valence electrons. The number of H-pyrrole nitrogens is 1. The van der Waals surface area contributed by atoms with Crippen molar-refractivity contribution in [2.75, 3.05) is 18.6 Å². The van der Waals surface area contributed by atoms with Crippen molar-refractivity contribution in [3.8, 4) is 5.75 Å². The van der Waals surface area contributed by atoms with Crippen molar-refractivity contribution in [1.82, 2.24) is 41.8 Å². The Morgan fingerprint density at radius 2 is 1.35 bits per heavy atom. The van der Waals surface area contributed by atoms with Crippen LogP contribution >= 0.6 is 11.8 Å². The van der Waals surface area contributed by atoms with E-state index in [2.05, 4.69) is 36.9 Å². The van der Waals surface area contributed by atoms with Gasteiger partial charge in [0.1, 0.15) is 36.0 Å². The molecule has 9 N–H and O–H groups in total. The molecule has 71 heavy (non-hydrogen) atoms.